The summed E-state index contributed by atoms with van der Waals surface area (Å²) in [5.74, 6) is -1.27. The van der Waals surface area contributed by atoms with Gasteiger partial charge in [-0.2, -0.15) is 0 Å². The Bertz CT molecular complexity index is 433. The van der Waals surface area contributed by atoms with Gasteiger partial charge in [0.05, 0.1) is 25.9 Å². The van der Waals surface area contributed by atoms with Crippen LogP contribution in [0.3, 0.4) is 0 Å². The number of carboxylic acid groups (broad SMARTS) is 1. The first-order valence-corrected chi connectivity index (χ1v) is 6.44. The summed E-state index contributed by atoms with van der Waals surface area (Å²) in [7, 11) is 1.31. The van der Waals surface area contributed by atoms with Gasteiger partial charge in [-0.1, -0.05) is 38.6 Å². The third kappa shape index (κ3) is 12.8. The third-order valence-electron chi connectivity index (χ3n) is 2.24. The lowest BCUT2D eigenvalue weighted by Crippen LogP contribution is -2.20. The van der Waals surface area contributed by atoms with Gasteiger partial charge in [0.1, 0.15) is 0 Å². The van der Waals surface area contributed by atoms with E-state index in [1.165, 1.54) is 7.11 Å². The van der Waals surface area contributed by atoms with Crippen molar-refractivity contribution < 1.29 is 29.6 Å². The van der Waals surface area contributed by atoms with Crippen LogP contribution in [-0.4, -0.2) is 47.6 Å². The molecule has 1 aromatic carbocycles. The maximum absolute atomic E-state index is 10.2. The highest BCUT2D eigenvalue weighted by Crippen LogP contribution is 2.10. The maximum atomic E-state index is 10.2. The Morgan fingerprint density at radius 1 is 1.18 bits per heavy atom. The van der Waals surface area contributed by atoms with E-state index >= 15 is 0 Å². The molecular formula is C16H24O6. The molecule has 0 aromatic heterocycles. The van der Waals surface area contributed by atoms with Gasteiger partial charge in [0.15, 0.2) is 0 Å². The molecule has 124 valence electrons. The molecule has 0 fully saturated rings. The topological polar surface area (TPSA) is 104 Å². The Morgan fingerprint density at radius 2 is 1.64 bits per heavy atom. The predicted octanol–water partition coefficient (Wildman–Crippen LogP) is 1.73. The first kappa shape index (κ1) is 22.1. The molecule has 0 radical (unpaired) electrons. The van der Waals surface area contributed by atoms with Crippen LogP contribution in [0.15, 0.2) is 43.0 Å². The van der Waals surface area contributed by atoms with Gasteiger partial charge in [0.2, 0.25) is 0 Å². The number of esters is 1. The zero-order chi connectivity index (χ0) is 17.6. The van der Waals surface area contributed by atoms with Gasteiger partial charge >= 0.3 is 11.9 Å². The average molecular weight is 312 g/mol. The molecule has 0 aliphatic heterocycles. The number of carbonyl (C=O) groups excluding carboxylic acids is 1. The molecule has 0 spiro atoms. The highest BCUT2D eigenvalue weighted by atomic mass is 16.5. The number of aliphatic hydroxyl groups is 2. The van der Waals surface area contributed by atoms with Crippen LogP contribution in [0.4, 0.5) is 0 Å². The summed E-state index contributed by atoms with van der Waals surface area (Å²) in [4.78, 5) is 20.0. The summed E-state index contributed by atoms with van der Waals surface area (Å²) in [6, 6.07) is 8.30. The molecule has 1 aromatic rings. The molecule has 0 bridgehead atoms. The van der Waals surface area contributed by atoms with Gasteiger partial charge in [0, 0.05) is 11.5 Å². The van der Waals surface area contributed by atoms with E-state index in [1.54, 1.807) is 44.2 Å². The van der Waals surface area contributed by atoms with Gasteiger partial charge < -0.3 is 20.1 Å². The number of carbonyl (C=O) groups is 2. The van der Waals surface area contributed by atoms with E-state index in [0.29, 0.717) is 5.56 Å². The number of ether oxygens (including phenoxy) is 1. The Kier molecular flexibility index (Phi) is 12.6. The molecule has 0 saturated heterocycles. The van der Waals surface area contributed by atoms with Crippen LogP contribution in [0.5, 0.6) is 0 Å². The zero-order valence-corrected chi connectivity index (χ0v) is 13.2. The van der Waals surface area contributed by atoms with Crippen LogP contribution in [0.25, 0.3) is 0 Å². The molecule has 6 heteroatoms. The highest BCUT2D eigenvalue weighted by molar-refractivity contribution is 5.87. The van der Waals surface area contributed by atoms with E-state index in [9.17, 15) is 9.59 Å². The van der Waals surface area contributed by atoms with Gasteiger partial charge in [-0.05, 0) is 12.1 Å². The summed E-state index contributed by atoms with van der Waals surface area (Å²) in [5.41, 5.74) is 0.0255. The van der Waals surface area contributed by atoms with Crippen molar-refractivity contribution in [2.75, 3.05) is 20.3 Å². The van der Waals surface area contributed by atoms with Gasteiger partial charge in [-0.15, -0.1) is 0 Å². The highest BCUT2D eigenvalue weighted by Gasteiger charge is 2.13. The first-order chi connectivity index (χ1) is 10.2. The van der Waals surface area contributed by atoms with E-state index in [0.717, 1.165) is 6.08 Å². The van der Waals surface area contributed by atoms with Crippen LogP contribution in [0.1, 0.15) is 24.2 Å². The summed E-state index contributed by atoms with van der Waals surface area (Å²) in [6.45, 7) is 6.84. The van der Waals surface area contributed by atoms with Gasteiger partial charge in [0.25, 0.3) is 0 Å². The first-order valence-electron chi connectivity index (χ1n) is 6.44. The molecular weight excluding hydrogens is 288 g/mol. The normalized spacial score (nSPS) is 9.32. The number of aromatic carboxylic acids is 1. The standard InChI is InChI=1S/C7H6O2.C5H12O2.C4H6O2/c8-7(9)6-4-2-1-3-5-6;1-5(2,3-6)4-7;1-3-4(5)6-2/h1-5H,(H,8,9);6-7H,3-4H2,1-2H3;3H,1H2,2H3. The number of methoxy groups -OCH3 is 1. The van der Waals surface area contributed by atoms with Crippen molar-refractivity contribution in [2.24, 2.45) is 5.41 Å². The smallest absolute Gasteiger partial charge is 0.335 e. The maximum Gasteiger partial charge on any atom is 0.335 e. The molecule has 6 nitrogen and oxygen atoms in total. The van der Waals surface area contributed by atoms with E-state index < -0.39 is 11.9 Å². The summed E-state index contributed by atoms with van der Waals surface area (Å²) >= 11 is 0. The zero-order valence-electron chi connectivity index (χ0n) is 13.2. The number of aliphatic hydroxyl groups excluding tert-OH is 2. The molecule has 0 amide bonds. The van der Waals surface area contributed by atoms with Crippen molar-refractivity contribution in [2.45, 2.75) is 13.8 Å². The van der Waals surface area contributed by atoms with Crippen LogP contribution < -0.4 is 0 Å². The predicted molar refractivity (Wildman–Crippen MR) is 83.6 cm³/mol. The monoisotopic (exact) mass is 312 g/mol. The fraction of sp³-hybridized carbons (Fsp3) is 0.375. The second-order valence-corrected chi connectivity index (χ2v) is 4.88. The Hall–Kier alpha value is -2.18. The van der Waals surface area contributed by atoms with Crippen molar-refractivity contribution in [1.82, 2.24) is 0 Å². The molecule has 0 aliphatic carbocycles. The lowest BCUT2D eigenvalue weighted by molar-refractivity contribution is -0.134. The molecule has 0 unspecified atom stereocenters. The Morgan fingerprint density at radius 3 is 1.77 bits per heavy atom. The van der Waals surface area contributed by atoms with E-state index in [1.807, 2.05) is 0 Å². The van der Waals surface area contributed by atoms with Crippen molar-refractivity contribution in [3.05, 3.63) is 48.6 Å². The molecule has 0 atom stereocenters. The molecule has 0 aliphatic rings. The summed E-state index contributed by atoms with van der Waals surface area (Å²) < 4.78 is 4.14. The number of hydrogen-bond donors (Lipinski definition) is 3. The van der Waals surface area contributed by atoms with E-state index in [2.05, 4.69) is 11.3 Å². The third-order valence-corrected chi connectivity index (χ3v) is 2.24. The summed E-state index contributed by atoms with van der Waals surface area (Å²) in [6.07, 6.45) is 1.11. The molecule has 3 N–H and O–H groups in total. The van der Waals surface area contributed by atoms with Gasteiger partial charge in [-0.25, -0.2) is 9.59 Å². The summed E-state index contributed by atoms with van der Waals surface area (Å²) in [5, 5.41) is 25.3. The fourth-order valence-corrected chi connectivity index (χ4v) is 0.714. The van der Waals surface area contributed by atoms with Crippen LogP contribution in [0, 0.1) is 5.41 Å². The van der Waals surface area contributed by atoms with Crippen LogP contribution >= 0.6 is 0 Å². The largest absolute Gasteiger partial charge is 0.478 e. The minimum Gasteiger partial charge on any atom is -0.478 e. The molecule has 22 heavy (non-hydrogen) atoms. The van der Waals surface area contributed by atoms with E-state index in [4.69, 9.17) is 15.3 Å². The minimum absolute atomic E-state index is 0.0451. The lowest BCUT2D eigenvalue weighted by atomic mass is 9.97. The second-order valence-electron chi connectivity index (χ2n) is 4.88. The average Bonchev–Trinajstić information content (AvgIpc) is 2.56. The fourth-order valence-electron chi connectivity index (χ4n) is 0.714. The van der Waals surface area contributed by atoms with E-state index in [-0.39, 0.29) is 18.6 Å². The van der Waals surface area contributed by atoms with Crippen molar-refractivity contribution in [3.63, 3.8) is 0 Å². The van der Waals surface area contributed by atoms with Crippen molar-refractivity contribution in [1.29, 1.82) is 0 Å². The number of rotatable bonds is 4. The number of benzene rings is 1. The van der Waals surface area contributed by atoms with Crippen LogP contribution in [0.2, 0.25) is 0 Å². The number of carboxylic acids is 1. The number of hydrogen-bond acceptors (Lipinski definition) is 5. The SMILES string of the molecule is C=CC(=O)OC.CC(C)(CO)CO.O=C(O)c1ccccc1. The van der Waals surface area contributed by atoms with Gasteiger partial charge in [-0.3, -0.25) is 0 Å². The lowest BCUT2D eigenvalue weighted by Gasteiger charge is -2.16. The molecule has 1 rings (SSSR count). The second kappa shape index (κ2) is 12.6. The molecule has 0 heterocycles. The Labute approximate surface area is 130 Å². The van der Waals surface area contributed by atoms with Crippen molar-refractivity contribution in [3.8, 4) is 0 Å². The minimum atomic E-state index is -0.879. The molecule has 0 saturated carbocycles. The quantitative estimate of drug-likeness (QED) is 0.578. The van der Waals surface area contributed by atoms with Crippen LogP contribution in [-0.2, 0) is 9.53 Å². The van der Waals surface area contributed by atoms with Crippen molar-refractivity contribution >= 4 is 11.9 Å². The Balaban J connectivity index is 0.